The number of rotatable bonds is 30. The molecule has 758 valence electrons. The van der Waals surface area contributed by atoms with Crippen molar-refractivity contribution in [1.82, 2.24) is 83.1 Å². The Labute approximate surface area is 848 Å². The molecule has 4 N–H and O–H groups in total. The molecule has 0 atom stereocenters. The quantitative estimate of drug-likeness (QED) is 0.0325. The van der Waals surface area contributed by atoms with Crippen LogP contribution in [0, 0.1) is 26.6 Å². The monoisotopic (exact) mass is 1980 g/mol. The Hall–Kier alpha value is -15.3. The number of methoxy groups -OCH3 is 1. The number of ether oxygens (including phenoxy) is 5. The van der Waals surface area contributed by atoms with E-state index in [0.717, 1.165) is 191 Å². The average Bonchev–Trinajstić information content (AvgIpc) is 1.62. The molecule has 13 heterocycles. The van der Waals surface area contributed by atoms with Crippen molar-refractivity contribution in [3.05, 3.63) is 286 Å². The summed E-state index contributed by atoms with van der Waals surface area (Å²) in [7, 11) is 18.1. The lowest BCUT2D eigenvalue weighted by atomic mass is 10.1. The second-order valence-electron chi connectivity index (χ2n) is 37.9. The van der Waals surface area contributed by atoms with Gasteiger partial charge in [0, 0.05) is 160 Å². The van der Waals surface area contributed by atoms with Gasteiger partial charge in [-0.25, -0.2) is 42.4 Å². The molecule has 0 spiro atoms. The smallest absolute Gasteiger partial charge is 0.228 e. The van der Waals surface area contributed by atoms with Gasteiger partial charge in [0.1, 0.15) is 39.4 Å². The second-order valence-corrected chi connectivity index (χ2v) is 37.9. The van der Waals surface area contributed by atoms with E-state index >= 15 is 0 Å². The normalized spacial score (nSPS) is 13.9. The van der Waals surface area contributed by atoms with Crippen LogP contribution in [0.4, 0.5) is 50.4 Å². The van der Waals surface area contributed by atoms with Crippen LogP contribution in [0.15, 0.2) is 223 Å². The number of aromatic nitrogens is 13. The Morgan fingerprint density at radius 1 is 0.349 bits per heavy atom. The van der Waals surface area contributed by atoms with Crippen LogP contribution in [0.1, 0.15) is 67.9 Å². The van der Waals surface area contributed by atoms with Gasteiger partial charge in [0.25, 0.3) is 0 Å². The zero-order chi connectivity index (χ0) is 102. The maximum absolute atomic E-state index is 13.1. The lowest BCUT2D eigenvalue weighted by Crippen LogP contribution is -2.37. The lowest BCUT2D eigenvalue weighted by molar-refractivity contribution is -0.116. The molecule has 4 amide bonds. The van der Waals surface area contributed by atoms with Gasteiger partial charge < -0.3 is 88.7 Å². The van der Waals surface area contributed by atoms with E-state index in [1.165, 1.54) is 39.9 Å². The summed E-state index contributed by atoms with van der Waals surface area (Å²) in [4.78, 5) is 87.5. The first-order valence-corrected chi connectivity index (χ1v) is 49.2. The van der Waals surface area contributed by atoms with Gasteiger partial charge in [0.2, 0.25) is 23.6 Å². The standard InChI is InChI=1S/C28H31FN6O2.C28H32N6O3.C28H32N6O2.C26H31N7O3/c1-33(2)18-21-17-25-28(34-13-15-37-16-14-34)31-27(32-35(25)19-21)22-6-10-24(11-7-22)30-26(36)12-5-20-3-8-23(29)9-4-20;1-32(2)18-21-16-25-28(33-12-14-37-15-13-33)30-27(31-34(25)19-21)22-6-8-23(9-7-22)29-26(35)17-20-4-10-24(36-3)11-5-20;1-20-4-6-21(7-5-20)17-26(35)29-24-10-8-23(9-11-24)27-30-28(33-12-14-36-15-13-33)25-16-22(18-32(2)3)19-34(25)31-27;1-17-22(18(2)36-30-17)14-24(34)27-21-7-5-20(6-8-21)25-28-26(32-9-11-35-12-10-32)23-13-19(15-31(3)4)16-33(23)29-25/h3-4,6-11,17,19H,5,12-16,18H2,1-2H3,(H,30,36);4-11,16,19H,12-15,17-18H2,1-3H3,(H,29,35);4-11,16,19H,12-15,17-18H2,1-3H3,(H,29,35);5-8,13,16H,9-12,14-15H2,1-4H3,(H,27,34). The number of anilines is 8. The minimum absolute atomic E-state index is 0.0420. The van der Waals surface area contributed by atoms with Gasteiger partial charge in [0.15, 0.2) is 46.6 Å². The van der Waals surface area contributed by atoms with Crippen molar-refractivity contribution in [3.8, 4) is 51.3 Å². The highest BCUT2D eigenvalue weighted by Crippen LogP contribution is 2.35. The summed E-state index contributed by atoms with van der Waals surface area (Å²) in [5.41, 5.74) is 20.7. The topological polar surface area (TPSA) is 335 Å². The third-order valence-electron chi connectivity index (χ3n) is 25.0. The molecular weight excluding hydrogens is 1850 g/mol. The summed E-state index contributed by atoms with van der Waals surface area (Å²) >= 11 is 0. The number of nitrogens with one attached hydrogen (secondary N) is 4. The first-order chi connectivity index (χ1) is 70.7. The Morgan fingerprint density at radius 3 is 0.911 bits per heavy atom. The van der Waals surface area contributed by atoms with Crippen molar-refractivity contribution in [2.24, 2.45) is 0 Å². The Morgan fingerprint density at radius 2 is 0.630 bits per heavy atom. The van der Waals surface area contributed by atoms with Crippen molar-refractivity contribution < 1.29 is 51.8 Å². The number of amides is 4. The fraction of sp³-hybridized carbons (Fsp3) is 0.336. The number of benzene rings is 7. The molecule has 4 aliphatic heterocycles. The van der Waals surface area contributed by atoms with Gasteiger partial charge in [0.05, 0.1) is 84.9 Å². The van der Waals surface area contributed by atoms with Crippen molar-refractivity contribution in [3.63, 3.8) is 0 Å². The van der Waals surface area contributed by atoms with E-state index < -0.39 is 0 Å². The zero-order valence-corrected chi connectivity index (χ0v) is 84.8. The minimum atomic E-state index is -0.278. The zero-order valence-electron chi connectivity index (χ0n) is 84.8. The Kier molecular flexibility index (Phi) is 33.6. The van der Waals surface area contributed by atoms with E-state index in [9.17, 15) is 23.6 Å². The maximum Gasteiger partial charge on any atom is 0.228 e. The molecule has 0 unspecified atom stereocenters. The summed E-state index contributed by atoms with van der Waals surface area (Å²) < 4.78 is 53.3. The number of carbonyl (C=O) groups is 4. The average molecular weight is 1980 g/mol. The highest BCUT2D eigenvalue weighted by molar-refractivity contribution is 5.95. The molecule has 9 aromatic heterocycles. The van der Waals surface area contributed by atoms with Gasteiger partial charge in [-0.05, 0) is 268 Å². The van der Waals surface area contributed by atoms with Crippen molar-refractivity contribution in [2.75, 3.05) is 210 Å². The molecule has 4 fully saturated rings. The minimum Gasteiger partial charge on any atom is -0.497 e. The molecule has 4 aliphatic rings. The highest BCUT2D eigenvalue weighted by atomic mass is 19.1. The van der Waals surface area contributed by atoms with Crippen LogP contribution in [-0.4, -0.2) is 275 Å². The molecule has 16 aromatic rings. The maximum atomic E-state index is 13.1. The molecule has 0 aliphatic carbocycles. The fourth-order valence-electron chi connectivity index (χ4n) is 17.8. The second kappa shape index (κ2) is 47.9. The molecule has 146 heavy (non-hydrogen) atoms. The first kappa shape index (κ1) is 102. The van der Waals surface area contributed by atoms with E-state index in [-0.39, 0.29) is 42.3 Å². The molecule has 0 radical (unpaired) electrons. The summed E-state index contributed by atoms with van der Waals surface area (Å²) in [5.74, 6) is 7.00. The summed E-state index contributed by atoms with van der Waals surface area (Å²) in [6.07, 6.45) is 9.98. The van der Waals surface area contributed by atoms with Crippen molar-refractivity contribution in [2.45, 2.75) is 79.1 Å². The van der Waals surface area contributed by atoms with Crippen molar-refractivity contribution in [1.29, 1.82) is 0 Å². The van der Waals surface area contributed by atoms with Crippen LogP contribution in [0.3, 0.4) is 0 Å². The van der Waals surface area contributed by atoms with E-state index in [0.29, 0.717) is 113 Å². The van der Waals surface area contributed by atoms with Crippen molar-refractivity contribution >= 4 is 91.7 Å². The SMILES string of the molecule is CN(C)Cc1cc2c(N3CCOCC3)nc(-c3ccc(NC(=O)CCc4ccc(F)cc4)cc3)nn2c1.COc1ccc(CC(=O)Nc2ccc(-c3nc(N4CCOCC4)c4cc(CN(C)C)cn4n3)cc2)cc1.Cc1ccc(CC(=O)Nc2ccc(-c3nc(N4CCOCC4)c4cc(CN(C)C)cn4n3)cc2)cc1.Cc1noc(C)c1CC(=O)Nc1ccc(-c2nc(N3CCOCC3)c3cc(CN(C)C)cn3n2)cc1. The van der Waals surface area contributed by atoms with Crippen LogP contribution in [-0.2, 0) is 90.0 Å². The van der Waals surface area contributed by atoms with Crippen LogP contribution in [0.2, 0.25) is 0 Å². The summed E-state index contributed by atoms with van der Waals surface area (Å²) in [6, 6.07) is 60.9. The van der Waals surface area contributed by atoms with E-state index in [1.54, 1.807) is 19.2 Å². The van der Waals surface area contributed by atoms with Gasteiger partial charge in [-0.15, -0.1) is 20.4 Å². The molecule has 36 heteroatoms. The molecule has 20 rings (SSSR count). The number of halogens is 1. The molecule has 7 aromatic carbocycles. The van der Waals surface area contributed by atoms with E-state index in [1.807, 2.05) is 199 Å². The molecule has 4 saturated heterocycles. The van der Waals surface area contributed by atoms with E-state index in [2.05, 4.69) is 157 Å². The predicted molar refractivity (Wildman–Crippen MR) is 566 cm³/mol. The lowest BCUT2D eigenvalue weighted by Gasteiger charge is -2.28. The molecule has 35 nitrogen and oxygen atoms in total. The Balaban J connectivity index is 0.000000133. The third-order valence-corrected chi connectivity index (χ3v) is 25.0. The largest absolute Gasteiger partial charge is 0.497 e. The van der Waals surface area contributed by atoms with E-state index in [4.69, 9.17) is 68.5 Å². The van der Waals surface area contributed by atoms with Crippen LogP contribution in [0.25, 0.3) is 67.6 Å². The van der Waals surface area contributed by atoms with Gasteiger partial charge >= 0.3 is 0 Å². The molecule has 0 bridgehead atoms. The number of aryl methyl sites for hydroxylation is 4. The molecule has 0 saturated carbocycles. The number of fused-ring (bicyclic) bond motifs is 4. The summed E-state index contributed by atoms with van der Waals surface area (Å²) in [6.45, 7) is 20.7. The Bertz CT molecular complexity index is 7110. The predicted octanol–water partition coefficient (Wildman–Crippen LogP) is 14.4. The van der Waals surface area contributed by atoms with Crippen LogP contribution >= 0.6 is 0 Å². The fourth-order valence-corrected chi connectivity index (χ4v) is 17.8. The number of nitrogens with zero attached hydrogens (tertiary/aromatic N) is 21. The highest BCUT2D eigenvalue weighted by Gasteiger charge is 2.27. The van der Waals surface area contributed by atoms with Gasteiger partial charge in [-0.3, -0.25) is 19.2 Å². The summed E-state index contributed by atoms with van der Waals surface area (Å²) in [5, 5.41) is 35.0. The van der Waals surface area contributed by atoms with Gasteiger partial charge in [-0.1, -0.05) is 59.3 Å². The first-order valence-electron chi connectivity index (χ1n) is 49.2. The van der Waals surface area contributed by atoms with Crippen LogP contribution in [0.5, 0.6) is 5.75 Å². The molecular formula is C110H126FN25O10. The number of morpholine rings is 4. The number of carbonyl (C=O) groups excluding carboxylic acids is 4. The van der Waals surface area contributed by atoms with Crippen LogP contribution < -0.4 is 45.6 Å². The van der Waals surface area contributed by atoms with Gasteiger partial charge in [-0.2, -0.15) is 0 Å². The number of hydrogen-bond donors (Lipinski definition) is 4. The third kappa shape index (κ3) is 27.0. The number of hydrogen-bond acceptors (Lipinski definition) is 27.